The maximum absolute atomic E-state index is 13.7. The van der Waals surface area contributed by atoms with Gasteiger partial charge >= 0.3 is 0 Å². The van der Waals surface area contributed by atoms with E-state index in [-0.39, 0.29) is 11.4 Å². The molecular formula is C14H9F3N2O. The van der Waals surface area contributed by atoms with E-state index in [1.807, 2.05) is 0 Å². The molecule has 0 aliphatic heterocycles. The van der Waals surface area contributed by atoms with Gasteiger partial charge in [-0.25, -0.2) is 18.2 Å². The highest BCUT2D eigenvalue weighted by molar-refractivity contribution is 5.80. The van der Waals surface area contributed by atoms with E-state index in [0.717, 1.165) is 0 Å². The van der Waals surface area contributed by atoms with Crippen LogP contribution in [-0.4, -0.2) is 17.1 Å². The van der Waals surface area contributed by atoms with Gasteiger partial charge in [0.25, 0.3) is 0 Å². The normalized spacial score (nSPS) is 11.0. The zero-order valence-electron chi connectivity index (χ0n) is 10.4. The average Bonchev–Trinajstić information content (AvgIpc) is 2.79. The van der Waals surface area contributed by atoms with Gasteiger partial charge in [-0.15, -0.1) is 0 Å². The van der Waals surface area contributed by atoms with Crippen molar-refractivity contribution in [3.05, 3.63) is 47.8 Å². The molecular weight excluding hydrogens is 269 g/mol. The van der Waals surface area contributed by atoms with Gasteiger partial charge in [-0.3, -0.25) is 0 Å². The minimum absolute atomic E-state index is 0.00301. The molecule has 6 heteroatoms. The van der Waals surface area contributed by atoms with Gasteiger partial charge in [-0.05, 0) is 12.1 Å². The fourth-order valence-corrected chi connectivity index (χ4v) is 2.00. The lowest BCUT2D eigenvalue weighted by atomic mass is 10.2. The van der Waals surface area contributed by atoms with Gasteiger partial charge in [-0.1, -0.05) is 0 Å². The highest BCUT2D eigenvalue weighted by atomic mass is 19.1. The van der Waals surface area contributed by atoms with Crippen LogP contribution in [0.25, 0.3) is 22.4 Å². The number of aromatic amines is 1. The van der Waals surface area contributed by atoms with Crippen LogP contribution in [0.5, 0.6) is 5.75 Å². The van der Waals surface area contributed by atoms with E-state index in [9.17, 15) is 13.2 Å². The summed E-state index contributed by atoms with van der Waals surface area (Å²) in [7, 11) is 1.51. The number of hydrogen-bond acceptors (Lipinski definition) is 2. The Morgan fingerprint density at radius 3 is 2.40 bits per heavy atom. The van der Waals surface area contributed by atoms with E-state index in [1.54, 1.807) is 18.2 Å². The minimum Gasteiger partial charge on any atom is -0.497 e. The maximum Gasteiger partial charge on any atom is 0.144 e. The largest absolute Gasteiger partial charge is 0.497 e. The number of H-pyrrole nitrogens is 1. The van der Waals surface area contributed by atoms with Crippen LogP contribution in [-0.2, 0) is 0 Å². The molecule has 3 rings (SSSR count). The van der Waals surface area contributed by atoms with Crippen LogP contribution in [0.3, 0.4) is 0 Å². The molecule has 0 aliphatic rings. The Morgan fingerprint density at radius 1 is 1.05 bits per heavy atom. The molecule has 1 aromatic heterocycles. The van der Waals surface area contributed by atoms with Crippen molar-refractivity contribution < 1.29 is 17.9 Å². The first kappa shape index (κ1) is 12.5. The third-order valence-electron chi connectivity index (χ3n) is 2.93. The Hall–Kier alpha value is -2.50. The molecule has 0 atom stereocenters. The number of rotatable bonds is 2. The molecule has 1 N–H and O–H groups in total. The van der Waals surface area contributed by atoms with Crippen LogP contribution in [0, 0.1) is 17.5 Å². The zero-order chi connectivity index (χ0) is 14.3. The molecule has 0 fully saturated rings. The average molecular weight is 278 g/mol. The van der Waals surface area contributed by atoms with Crippen LogP contribution in [0.1, 0.15) is 0 Å². The van der Waals surface area contributed by atoms with Gasteiger partial charge in [0.05, 0.1) is 23.7 Å². The quantitative estimate of drug-likeness (QED) is 0.777. The molecule has 0 radical (unpaired) electrons. The molecule has 1 heterocycles. The molecule has 20 heavy (non-hydrogen) atoms. The van der Waals surface area contributed by atoms with Crippen molar-refractivity contribution >= 4 is 11.0 Å². The number of nitrogens with zero attached hydrogens (tertiary/aromatic N) is 1. The second-order valence-electron chi connectivity index (χ2n) is 4.21. The van der Waals surface area contributed by atoms with E-state index >= 15 is 0 Å². The van der Waals surface area contributed by atoms with Gasteiger partial charge in [0.2, 0.25) is 0 Å². The first-order valence-electron chi connectivity index (χ1n) is 5.77. The Morgan fingerprint density at radius 2 is 1.75 bits per heavy atom. The fourth-order valence-electron chi connectivity index (χ4n) is 2.00. The molecule has 102 valence electrons. The van der Waals surface area contributed by atoms with Crippen molar-refractivity contribution in [1.82, 2.24) is 9.97 Å². The van der Waals surface area contributed by atoms with Crippen LogP contribution in [0.4, 0.5) is 13.2 Å². The van der Waals surface area contributed by atoms with Crippen molar-refractivity contribution in [2.75, 3.05) is 7.11 Å². The molecule has 0 bridgehead atoms. The van der Waals surface area contributed by atoms with E-state index in [0.29, 0.717) is 28.9 Å². The second kappa shape index (κ2) is 4.56. The van der Waals surface area contributed by atoms with Crippen LogP contribution < -0.4 is 4.74 Å². The lowest BCUT2D eigenvalue weighted by Crippen LogP contribution is -1.93. The minimum atomic E-state index is -1.01. The third-order valence-corrected chi connectivity index (χ3v) is 2.93. The second-order valence-corrected chi connectivity index (χ2v) is 4.21. The lowest BCUT2D eigenvalue weighted by Gasteiger charge is -2.01. The summed E-state index contributed by atoms with van der Waals surface area (Å²) >= 11 is 0. The Kier molecular flexibility index (Phi) is 2.85. The van der Waals surface area contributed by atoms with E-state index < -0.39 is 17.5 Å². The maximum atomic E-state index is 13.7. The first-order valence-corrected chi connectivity index (χ1v) is 5.77. The standard InChI is InChI=1S/C14H9F3N2O/c1-20-8-2-3-11-12(6-8)19-14(18-11)13-9(16)4-7(15)5-10(13)17/h2-6H,1H3,(H,18,19). The molecule has 0 saturated heterocycles. The van der Waals surface area contributed by atoms with E-state index in [2.05, 4.69) is 9.97 Å². The first-order chi connectivity index (χ1) is 9.58. The molecule has 3 aromatic rings. The Labute approximate surface area is 112 Å². The highest BCUT2D eigenvalue weighted by Gasteiger charge is 2.17. The summed E-state index contributed by atoms with van der Waals surface area (Å²) in [5.74, 6) is -2.39. The topological polar surface area (TPSA) is 37.9 Å². The molecule has 0 spiro atoms. The van der Waals surface area contributed by atoms with Crippen LogP contribution in [0.15, 0.2) is 30.3 Å². The summed E-state index contributed by atoms with van der Waals surface area (Å²) < 4.78 is 45.4. The number of fused-ring (bicyclic) bond motifs is 1. The Bertz CT molecular complexity index is 775. The SMILES string of the molecule is COc1ccc2nc(-c3c(F)cc(F)cc3F)[nH]c2c1. The van der Waals surface area contributed by atoms with Gasteiger partial charge < -0.3 is 9.72 Å². The van der Waals surface area contributed by atoms with Crippen molar-refractivity contribution in [2.45, 2.75) is 0 Å². The summed E-state index contributed by atoms with van der Waals surface area (Å²) in [6, 6.07) is 6.24. The molecule has 2 aromatic carbocycles. The molecule has 3 nitrogen and oxygen atoms in total. The molecule has 0 aliphatic carbocycles. The summed E-state index contributed by atoms with van der Waals surface area (Å²) in [6.07, 6.45) is 0. The van der Waals surface area contributed by atoms with Crippen molar-refractivity contribution in [1.29, 1.82) is 0 Å². The van der Waals surface area contributed by atoms with Gasteiger partial charge in [-0.2, -0.15) is 0 Å². The van der Waals surface area contributed by atoms with Crippen LogP contribution in [0.2, 0.25) is 0 Å². The van der Waals surface area contributed by atoms with E-state index in [1.165, 1.54) is 7.11 Å². The van der Waals surface area contributed by atoms with Gasteiger partial charge in [0.15, 0.2) is 0 Å². The summed E-state index contributed by atoms with van der Waals surface area (Å²) in [5, 5.41) is 0. The summed E-state index contributed by atoms with van der Waals surface area (Å²) in [5.41, 5.74) is 0.716. The molecule has 0 amide bonds. The number of ether oxygens (including phenoxy) is 1. The van der Waals surface area contributed by atoms with Crippen molar-refractivity contribution in [3.63, 3.8) is 0 Å². The number of hydrogen-bond donors (Lipinski definition) is 1. The molecule has 0 unspecified atom stereocenters. The summed E-state index contributed by atoms with van der Waals surface area (Å²) in [4.78, 5) is 6.89. The van der Waals surface area contributed by atoms with E-state index in [4.69, 9.17) is 4.74 Å². The number of imidazole rings is 1. The zero-order valence-corrected chi connectivity index (χ0v) is 10.4. The monoisotopic (exact) mass is 278 g/mol. The number of aromatic nitrogens is 2. The van der Waals surface area contributed by atoms with Crippen molar-refractivity contribution in [3.8, 4) is 17.1 Å². The highest BCUT2D eigenvalue weighted by Crippen LogP contribution is 2.28. The third kappa shape index (κ3) is 1.99. The van der Waals surface area contributed by atoms with Crippen LogP contribution >= 0.6 is 0 Å². The number of methoxy groups -OCH3 is 1. The summed E-state index contributed by atoms with van der Waals surface area (Å²) in [6.45, 7) is 0. The number of nitrogens with one attached hydrogen (secondary N) is 1. The van der Waals surface area contributed by atoms with Gasteiger partial charge in [0.1, 0.15) is 29.0 Å². The fraction of sp³-hybridized carbons (Fsp3) is 0.0714. The van der Waals surface area contributed by atoms with Crippen molar-refractivity contribution in [2.24, 2.45) is 0 Å². The smallest absolute Gasteiger partial charge is 0.144 e. The predicted molar refractivity (Wildman–Crippen MR) is 68.0 cm³/mol. The Balaban J connectivity index is 2.20. The number of halogens is 3. The number of benzene rings is 2. The predicted octanol–water partition coefficient (Wildman–Crippen LogP) is 3.66. The lowest BCUT2D eigenvalue weighted by molar-refractivity contribution is 0.415. The molecule has 0 saturated carbocycles. The van der Waals surface area contributed by atoms with Gasteiger partial charge in [0, 0.05) is 18.2 Å².